The van der Waals surface area contributed by atoms with Crippen molar-refractivity contribution in [3.63, 3.8) is 0 Å². The van der Waals surface area contributed by atoms with Crippen LogP contribution in [-0.4, -0.2) is 12.5 Å². The lowest BCUT2D eigenvalue weighted by atomic mass is 10.1. The van der Waals surface area contributed by atoms with Crippen LogP contribution in [0.4, 0.5) is 5.69 Å². The monoisotopic (exact) mass is 602 g/mol. The highest BCUT2D eigenvalue weighted by Gasteiger charge is 2.16. The van der Waals surface area contributed by atoms with Crippen molar-refractivity contribution in [3.05, 3.63) is 90.8 Å². The molecule has 0 aliphatic rings. The van der Waals surface area contributed by atoms with E-state index in [-0.39, 0.29) is 5.57 Å². The minimum atomic E-state index is -0.531. The van der Waals surface area contributed by atoms with Crippen LogP contribution in [0.2, 0.25) is 5.02 Å². The summed E-state index contributed by atoms with van der Waals surface area (Å²) in [5.74, 6) is 0.502. The van der Waals surface area contributed by atoms with E-state index < -0.39 is 5.91 Å². The summed E-state index contributed by atoms with van der Waals surface area (Å²) < 4.78 is 13.4. The normalized spacial score (nSPS) is 11.0. The predicted octanol–water partition coefficient (Wildman–Crippen LogP) is 7.70. The highest BCUT2D eigenvalue weighted by atomic mass is 79.9. The summed E-state index contributed by atoms with van der Waals surface area (Å²) in [4.78, 5) is 12.7. The molecule has 0 spiro atoms. The van der Waals surface area contributed by atoms with Crippen molar-refractivity contribution in [2.24, 2.45) is 0 Å². The van der Waals surface area contributed by atoms with Gasteiger partial charge in [-0.05, 0) is 77.3 Å². The molecular formula is C26H21Br2ClN2O3. The molecule has 0 radical (unpaired) electrons. The number of anilines is 1. The third kappa shape index (κ3) is 6.41. The Kier molecular flexibility index (Phi) is 9.17. The Morgan fingerprint density at radius 1 is 1.12 bits per heavy atom. The molecule has 0 aliphatic carbocycles. The first kappa shape index (κ1) is 25.8. The number of ether oxygens (including phenoxy) is 2. The number of hydrogen-bond acceptors (Lipinski definition) is 4. The van der Waals surface area contributed by atoms with Crippen LogP contribution < -0.4 is 14.8 Å². The Morgan fingerprint density at radius 3 is 2.59 bits per heavy atom. The van der Waals surface area contributed by atoms with Gasteiger partial charge in [0.15, 0.2) is 11.5 Å². The lowest BCUT2D eigenvalue weighted by Crippen LogP contribution is -2.14. The zero-order valence-corrected chi connectivity index (χ0v) is 22.4. The standard InChI is InChI=1S/C26H21Br2ClN2O3/c1-3-33-24-13-17(12-21(28)25(24)34-15-18-7-4-5-8-20(18)27)11-19(14-30)26(32)31-23-10-6-9-22(29)16(23)2/h4-13H,3,15H2,1-2H3,(H,31,32)/b19-11+. The molecule has 5 nitrogen and oxygen atoms in total. The van der Waals surface area contributed by atoms with Crippen LogP contribution in [0, 0.1) is 18.3 Å². The maximum atomic E-state index is 12.7. The van der Waals surface area contributed by atoms with Crippen molar-refractivity contribution in [2.75, 3.05) is 11.9 Å². The van der Waals surface area contributed by atoms with Gasteiger partial charge in [-0.3, -0.25) is 4.79 Å². The number of nitrogens with zero attached hydrogens (tertiary/aromatic N) is 1. The molecule has 3 aromatic rings. The number of hydrogen-bond donors (Lipinski definition) is 1. The summed E-state index contributed by atoms with van der Waals surface area (Å²) in [6, 6.07) is 18.5. The molecule has 1 N–H and O–H groups in total. The van der Waals surface area contributed by atoms with E-state index in [2.05, 4.69) is 37.2 Å². The molecule has 0 heterocycles. The van der Waals surface area contributed by atoms with Crippen molar-refractivity contribution in [1.82, 2.24) is 0 Å². The number of halogens is 3. The van der Waals surface area contributed by atoms with E-state index in [9.17, 15) is 10.1 Å². The molecule has 1 amide bonds. The van der Waals surface area contributed by atoms with E-state index in [1.54, 1.807) is 37.3 Å². The molecule has 0 saturated heterocycles. The van der Waals surface area contributed by atoms with E-state index in [0.717, 1.165) is 15.6 Å². The summed E-state index contributed by atoms with van der Waals surface area (Å²) in [7, 11) is 0. The van der Waals surface area contributed by atoms with Gasteiger partial charge in [0.25, 0.3) is 5.91 Å². The minimum absolute atomic E-state index is 0.0596. The summed E-state index contributed by atoms with van der Waals surface area (Å²) >= 11 is 13.2. The van der Waals surface area contributed by atoms with Gasteiger partial charge in [0.2, 0.25) is 0 Å². The SMILES string of the molecule is CCOc1cc(/C=C(\C#N)C(=O)Nc2cccc(Cl)c2C)cc(Br)c1OCc1ccccc1Br. The number of amides is 1. The Bertz CT molecular complexity index is 1290. The third-order valence-corrected chi connectivity index (χ3v) is 6.63. The van der Waals surface area contributed by atoms with E-state index in [1.165, 1.54) is 6.08 Å². The highest BCUT2D eigenvalue weighted by Crippen LogP contribution is 2.38. The maximum absolute atomic E-state index is 12.7. The Balaban J connectivity index is 1.87. The van der Waals surface area contributed by atoms with Crippen molar-refractivity contribution in [2.45, 2.75) is 20.5 Å². The number of rotatable bonds is 8. The van der Waals surface area contributed by atoms with Crippen LogP contribution >= 0.6 is 43.5 Å². The molecule has 174 valence electrons. The number of nitriles is 1. The fourth-order valence-corrected chi connectivity index (χ4v) is 4.24. The second kappa shape index (κ2) is 12.1. The van der Waals surface area contributed by atoms with Crippen LogP contribution in [0.5, 0.6) is 11.5 Å². The van der Waals surface area contributed by atoms with E-state index in [4.69, 9.17) is 21.1 Å². The molecule has 0 bridgehead atoms. The minimum Gasteiger partial charge on any atom is -0.490 e. The predicted molar refractivity (Wildman–Crippen MR) is 142 cm³/mol. The smallest absolute Gasteiger partial charge is 0.266 e. The average molecular weight is 605 g/mol. The Hall–Kier alpha value is -2.79. The van der Waals surface area contributed by atoms with Gasteiger partial charge < -0.3 is 14.8 Å². The van der Waals surface area contributed by atoms with Crippen LogP contribution in [0.3, 0.4) is 0 Å². The van der Waals surface area contributed by atoms with Gasteiger partial charge in [-0.15, -0.1) is 0 Å². The van der Waals surface area contributed by atoms with Crippen LogP contribution in [0.1, 0.15) is 23.6 Å². The van der Waals surface area contributed by atoms with Gasteiger partial charge in [0.1, 0.15) is 18.2 Å². The van der Waals surface area contributed by atoms with Gasteiger partial charge in [0, 0.05) is 20.7 Å². The van der Waals surface area contributed by atoms with Gasteiger partial charge in [-0.1, -0.05) is 51.8 Å². The second-order valence-corrected chi connectivity index (χ2v) is 9.30. The molecule has 0 aromatic heterocycles. The fraction of sp³-hybridized carbons (Fsp3) is 0.154. The Morgan fingerprint density at radius 2 is 1.88 bits per heavy atom. The van der Waals surface area contributed by atoms with E-state index >= 15 is 0 Å². The number of benzene rings is 3. The fourth-order valence-electron chi connectivity index (χ4n) is 3.09. The first-order valence-corrected chi connectivity index (χ1v) is 12.3. The zero-order valence-electron chi connectivity index (χ0n) is 18.5. The van der Waals surface area contributed by atoms with Crippen molar-refractivity contribution in [1.29, 1.82) is 5.26 Å². The first-order valence-electron chi connectivity index (χ1n) is 10.3. The molecule has 8 heteroatoms. The quantitative estimate of drug-likeness (QED) is 0.211. The number of carbonyl (C=O) groups is 1. The summed E-state index contributed by atoms with van der Waals surface area (Å²) in [5, 5.41) is 12.9. The second-order valence-electron chi connectivity index (χ2n) is 7.18. The molecule has 3 aromatic carbocycles. The van der Waals surface area contributed by atoms with Crippen molar-refractivity contribution in [3.8, 4) is 17.6 Å². The van der Waals surface area contributed by atoms with Crippen LogP contribution in [0.25, 0.3) is 6.08 Å². The largest absolute Gasteiger partial charge is 0.490 e. The molecule has 0 atom stereocenters. The van der Waals surface area contributed by atoms with Crippen LogP contribution in [-0.2, 0) is 11.4 Å². The van der Waals surface area contributed by atoms with Gasteiger partial charge in [-0.25, -0.2) is 0 Å². The van der Waals surface area contributed by atoms with Gasteiger partial charge >= 0.3 is 0 Å². The van der Waals surface area contributed by atoms with Crippen LogP contribution in [0.15, 0.2) is 69.1 Å². The van der Waals surface area contributed by atoms with E-state index in [0.29, 0.717) is 45.5 Å². The summed E-state index contributed by atoms with van der Waals surface area (Å²) in [6.07, 6.45) is 1.50. The van der Waals surface area contributed by atoms with Gasteiger partial charge in [0.05, 0.1) is 11.1 Å². The molecular weight excluding hydrogens is 584 g/mol. The molecule has 0 aliphatic heterocycles. The lowest BCUT2D eigenvalue weighted by molar-refractivity contribution is -0.112. The first-order chi connectivity index (χ1) is 16.3. The molecule has 0 fully saturated rings. The Labute approximate surface area is 220 Å². The highest BCUT2D eigenvalue weighted by molar-refractivity contribution is 9.10. The van der Waals surface area contributed by atoms with Crippen molar-refractivity contribution >= 4 is 61.1 Å². The number of carbonyl (C=O) groups excluding carboxylic acids is 1. The lowest BCUT2D eigenvalue weighted by Gasteiger charge is -2.15. The summed E-state index contributed by atoms with van der Waals surface area (Å²) in [6.45, 7) is 4.42. The average Bonchev–Trinajstić information content (AvgIpc) is 2.81. The van der Waals surface area contributed by atoms with Crippen molar-refractivity contribution < 1.29 is 14.3 Å². The molecule has 3 rings (SSSR count). The third-order valence-electron chi connectivity index (χ3n) is 4.85. The molecule has 0 saturated carbocycles. The van der Waals surface area contributed by atoms with E-state index in [1.807, 2.05) is 37.3 Å². The molecule has 34 heavy (non-hydrogen) atoms. The maximum Gasteiger partial charge on any atom is 0.266 e. The molecule has 0 unspecified atom stereocenters. The topological polar surface area (TPSA) is 71.3 Å². The summed E-state index contributed by atoms with van der Waals surface area (Å²) in [5.41, 5.74) is 2.81. The zero-order chi connectivity index (χ0) is 24.7. The van der Waals surface area contributed by atoms with Gasteiger partial charge in [-0.2, -0.15) is 5.26 Å². The number of nitrogens with one attached hydrogen (secondary N) is 1.